The summed E-state index contributed by atoms with van der Waals surface area (Å²) in [5, 5.41) is 50.5. The molecule has 0 radical (unpaired) electrons. The van der Waals surface area contributed by atoms with E-state index in [9.17, 15) is 52.8 Å². The molecule has 4 bridgehead atoms. The predicted octanol–water partition coefficient (Wildman–Crippen LogP) is 1.14. The van der Waals surface area contributed by atoms with Crippen LogP contribution >= 0.6 is 0 Å². The van der Waals surface area contributed by atoms with Crippen molar-refractivity contribution in [2.45, 2.75) is 83.6 Å². The van der Waals surface area contributed by atoms with Crippen LogP contribution in [0.5, 0.6) is 17.2 Å². The number of hydrogen-bond acceptors (Lipinski definition) is 17. The van der Waals surface area contributed by atoms with Crippen molar-refractivity contribution >= 4 is 45.4 Å². The number of ketones is 2. The number of halogens is 1. The highest BCUT2D eigenvalue weighted by Crippen LogP contribution is 2.45. The van der Waals surface area contributed by atoms with E-state index in [1.54, 1.807) is 6.07 Å². The fourth-order valence-corrected chi connectivity index (χ4v) is 8.39. The molecule has 22 nitrogen and oxygen atoms in total. The molecule has 2 heterocycles. The number of nitrogens with two attached hydrogens (primary N) is 4. The molecule has 14 N–H and O–H groups in total. The summed E-state index contributed by atoms with van der Waals surface area (Å²) in [6.45, 7) is 6.39. The molecule has 1 aliphatic rings. The van der Waals surface area contributed by atoms with Gasteiger partial charge in [-0.25, -0.2) is 29.0 Å². The fourth-order valence-electron chi connectivity index (χ4n) is 7.96. The number of rotatable bonds is 18. The number of anilines is 1. The number of aromatic nitrogens is 2. The van der Waals surface area contributed by atoms with Gasteiger partial charge in [-0.2, -0.15) is 8.42 Å². The third-order valence-corrected chi connectivity index (χ3v) is 12.6. The molecular weight excluding hydrogens is 962 g/mol. The fraction of sp³-hybridized carbons (Fsp3) is 0.438. The number of fused-ring (bicyclic) bond motifs is 5. The molecule has 4 aromatic rings. The lowest BCUT2D eigenvalue weighted by Gasteiger charge is -2.32. The standard InChI is InChI=1S/C48H62FN9O13S/c1-23-11-37(62)41(58(6)46(65)27(20-54-72(53,68)69)15-36(61)40-24(2)55-44(57-43(40)52)31-9-8-28(17-34(31)49)48(3,4)5)26-14-33(42(63)39(16-26)71-22-30(60)19-51)32-12-25(13-35(47(66)67)56-45(23)64)7-10-38(32)70-21-29(59)18-50/h7-10,12,14,16-17,23,27,29-30,35,41,54,59-60,63H,11,13,15,18-22,50-51H2,1-6H3,(H,56,64)(H,66,67)(H2,52,55,57)(H2,53,68,69)/t23-,27+,29-,30-,35+,41+/m1/s1. The van der Waals surface area contributed by atoms with Crippen molar-refractivity contribution in [2.24, 2.45) is 28.4 Å². The Balaban J connectivity index is 1.67. The van der Waals surface area contributed by atoms with Gasteiger partial charge in [0.05, 0.1) is 22.7 Å². The Hall–Kier alpha value is -6.67. The molecule has 3 aromatic carbocycles. The van der Waals surface area contributed by atoms with E-state index in [4.69, 9.17) is 31.8 Å². The number of phenols is 1. The van der Waals surface area contributed by atoms with Crippen molar-refractivity contribution < 1.29 is 66.7 Å². The zero-order chi connectivity index (χ0) is 53.6. The number of amides is 2. The normalized spacial score (nSPS) is 17.8. The molecule has 2 amide bonds. The number of hydrogen-bond donors (Lipinski definition) is 10. The molecule has 0 fully saturated rings. The summed E-state index contributed by atoms with van der Waals surface area (Å²) >= 11 is 0. The topological polar surface area (TPSA) is 376 Å². The van der Waals surface area contributed by atoms with Gasteiger partial charge < -0.3 is 57.3 Å². The maximum absolute atomic E-state index is 15.5. The number of carboxylic acid groups (broad SMARTS) is 1. The largest absolute Gasteiger partial charge is 0.504 e. The lowest BCUT2D eigenvalue weighted by Crippen LogP contribution is -2.46. The lowest BCUT2D eigenvalue weighted by molar-refractivity contribution is -0.143. The number of benzene rings is 3. The number of aliphatic hydroxyl groups is 2. The molecule has 0 spiro atoms. The molecule has 1 aromatic heterocycles. The molecule has 72 heavy (non-hydrogen) atoms. The molecule has 0 aliphatic carbocycles. The minimum Gasteiger partial charge on any atom is -0.504 e. The number of phenolic OH excluding ortho intramolecular Hbond substituents is 1. The van der Waals surface area contributed by atoms with Crippen LogP contribution in [0, 0.1) is 24.6 Å². The first kappa shape index (κ1) is 56.2. The van der Waals surface area contributed by atoms with Crippen molar-refractivity contribution in [3.63, 3.8) is 0 Å². The van der Waals surface area contributed by atoms with Gasteiger partial charge in [0.1, 0.15) is 54.9 Å². The van der Waals surface area contributed by atoms with Crippen LogP contribution in [0.1, 0.15) is 79.3 Å². The SMILES string of the molecule is Cc1nc(-c2ccc(C(C)(C)C)cc2F)nc(N)c1C(=O)C[C@@H](CNS(N)(=O)=O)C(=O)N(C)[C@@H]1C(=O)C[C@@H](C)C(=O)N[C@H](C(=O)O)Cc2ccc(OC[C@H](O)CN)c(c2)-c2cc1cc(OC[C@H](O)CN)c2O. The number of carboxylic acids is 1. The van der Waals surface area contributed by atoms with Gasteiger partial charge in [0.2, 0.25) is 11.8 Å². The third-order valence-electron chi connectivity index (χ3n) is 12.0. The molecule has 5 rings (SSSR count). The summed E-state index contributed by atoms with van der Waals surface area (Å²) in [6.07, 6.45) is -4.12. The minimum atomic E-state index is -4.53. The predicted molar refractivity (Wildman–Crippen MR) is 261 cm³/mol. The van der Waals surface area contributed by atoms with Crippen LogP contribution in [-0.4, -0.2) is 131 Å². The monoisotopic (exact) mass is 1020 g/mol. The molecule has 0 saturated heterocycles. The van der Waals surface area contributed by atoms with E-state index in [-0.39, 0.29) is 88.2 Å². The second-order valence-corrected chi connectivity index (χ2v) is 20.1. The Labute approximate surface area is 415 Å². The van der Waals surface area contributed by atoms with E-state index in [0.717, 1.165) is 4.90 Å². The Morgan fingerprint density at radius 1 is 0.944 bits per heavy atom. The molecule has 6 atom stereocenters. The van der Waals surface area contributed by atoms with Crippen LogP contribution in [0.3, 0.4) is 0 Å². The second kappa shape index (κ2) is 23.3. The number of Topliss-reactive ketones (excluding diaryl/α,β-unsaturated/α-hetero) is 2. The summed E-state index contributed by atoms with van der Waals surface area (Å²) in [6, 6.07) is 8.10. The Morgan fingerprint density at radius 3 is 2.15 bits per heavy atom. The van der Waals surface area contributed by atoms with Gasteiger partial charge in [-0.15, -0.1) is 0 Å². The quantitative estimate of drug-likeness (QED) is 0.0625. The van der Waals surface area contributed by atoms with Gasteiger partial charge in [-0.05, 0) is 65.4 Å². The Kier molecular flexibility index (Phi) is 18.2. The number of likely N-dealkylation sites (N-methyl/N-ethyl adjacent to an activating group) is 1. The molecule has 390 valence electrons. The van der Waals surface area contributed by atoms with Crippen LogP contribution in [-0.2, 0) is 41.2 Å². The van der Waals surface area contributed by atoms with Gasteiger partial charge in [-0.3, -0.25) is 19.2 Å². The number of carbonyl (C=O) groups excluding carboxylic acids is 4. The summed E-state index contributed by atoms with van der Waals surface area (Å²) in [7, 11) is -3.36. The number of aryl methyl sites for hydroxylation is 1. The highest BCUT2D eigenvalue weighted by Gasteiger charge is 2.38. The number of nitrogen functional groups attached to an aromatic ring is 1. The Morgan fingerprint density at radius 2 is 1.58 bits per heavy atom. The number of carbonyl (C=O) groups is 5. The lowest BCUT2D eigenvalue weighted by atomic mass is 9.86. The number of nitrogens with one attached hydrogen (secondary N) is 2. The van der Waals surface area contributed by atoms with Crippen molar-refractivity contribution in [3.05, 3.63) is 82.3 Å². The van der Waals surface area contributed by atoms with Crippen LogP contribution < -0.4 is 41.9 Å². The summed E-state index contributed by atoms with van der Waals surface area (Å²) < 4.78 is 53.9. The van der Waals surface area contributed by atoms with E-state index in [1.165, 1.54) is 63.4 Å². The third kappa shape index (κ3) is 13.8. The maximum Gasteiger partial charge on any atom is 0.326 e. The van der Waals surface area contributed by atoms with Gasteiger partial charge >= 0.3 is 5.97 Å². The summed E-state index contributed by atoms with van der Waals surface area (Å²) in [5.41, 5.74) is 17.8. The molecular formula is C48H62FN9O13S. The summed E-state index contributed by atoms with van der Waals surface area (Å²) in [4.78, 5) is 79.6. The molecule has 0 unspecified atom stereocenters. The van der Waals surface area contributed by atoms with E-state index in [1.807, 2.05) is 25.5 Å². The molecule has 0 saturated carbocycles. The van der Waals surface area contributed by atoms with Crippen molar-refractivity contribution in [1.29, 1.82) is 0 Å². The van der Waals surface area contributed by atoms with Gasteiger partial charge in [0.15, 0.2) is 28.9 Å². The van der Waals surface area contributed by atoms with E-state index in [0.29, 0.717) is 11.1 Å². The van der Waals surface area contributed by atoms with Crippen LogP contribution in [0.25, 0.3) is 22.5 Å². The second-order valence-electron chi connectivity index (χ2n) is 18.7. The smallest absolute Gasteiger partial charge is 0.326 e. The van der Waals surface area contributed by atoms with Crippen molar-refractivity contribution in [3.8, 4) is 39.8 Å². The van der Waals surface area contributed by atoms with Crippen LogP contribution in [0.15, 0.2) is 48.5 Å². The van der Waals surface area contributed by atoms with Gasteiger partial charge in [-0.1, -0.05) is 39.8 Å². The van der Waals surface area contributed by atoms with Gasteiger partial charge in [0, 0.05) is 63.0 Å². The first-order chi connectivity index (χ1) is 33.6. The van der Waals surface area contributed by atoms with E-state index < -0.39 is 113 Å². The highest BCUT2D eigenvalue weighted by molar-refractivity contribution is 7.87. The van der Waals surface area contributed by atoms with Crippen molar-refractivity contribution in [1.82, 2.24) is 24.9 Å². The highest BCUT2D eigenvalue weighted by atomic mass is 32.2. The Bertz CT molecular complexity index is 2800. The average molecular weight is 1020 g/mol. The number of nitrogens with zero attached hydrogens (tertiary/aromatic N) is 3. The van der Waals surface area contributed by atoms with Crippen LogP contribution in [0.4, 0.5) is 10.2 Å². The summed E-state index contributed by atoms with van der Waals surface area (Å²) in [5.74, 6) is -9.95. The first-order valence-electron chi connectivity index (χ1n) is 22.7. The first-order valence-corrected chi connectivity index (χ1v) is 24.3. The average Bonchev–Trinajstić information content (AvgIpc) is 3.30. The molecule has 1 aliphatic heterocycles. The van der Waals surface area contributed by atoms with Gasteiger partial charge in [0.25, 0.3) is 10.2 Å². The van der Waals surface area contributed by atoms with E-state index >= 15 is 4.39 Å². The van der Waals surface area contributed by atoms with E-state index in [2.05, 4.69) is 15.3 Å². The van der Waals surface area contributed by atoms with Crippen molar-refractivity contribution in [2.75, 3.05) is 45.6 Å². The maximum atomic E-state index is 15.5. The number of aliphatic hydroxyl groups excluding tert-OH is 2. The molecule has 24 heteroatoms. The minimum absolute atomic E-state index is 0.00596. The zero-order valence-corrected chi connectivity index (χ0v) is 41.5. The number of aromatic hydroxyl groups is 1. The number of ether oxygens (including phenoxy) is 2. The number of aliphatic carboxylic acids is 1. The zero-order valence-electron chi connectivity index (χ0n) is 40.6. The van der Waals surface area contributed by atoms with Crippen LogP contribution in [0.2, 0.25) is 0 Å².